The van der Waals surface area contributed by atoms with E-state index >= 15 is 0 Å². The van der Waals surface area contributed by atoms with E-state index in [-0.39, 0.29) is 11.6 Å². The van der Waals surface area contributed by atoms with E-state index < -0.39 is 0 Å². The van der Waals surface area contributed by atoms with Crippen LogP contribution in [0.4, 0.5) is 11.4 Å². The average Bonchev–Trinajstić information content (AvgIpc) is 3.07. The predicted octanol–water partition coefficient (Wildman–Crippen LogP) is 5.03. The maximum Gasteiger partial charge on any atom is 0.275 e. The third kappa shape index (κ3) is 4.33. The monoisotopic (exact) mass is 423 g/mol. The van der Waals surface area contributed by atoms with Crippen LogP contribution in [0.1, 0.15) is 41.6 Å². The molecule has 0 spiro atoms. The minimum absolute atomic E-state index is 0.177. The summed E-state index contributed by atoms with van der Waals surface area (Å²) in [7, 11) is 0. The first-order valence-corrected chi connectivity index (χ1v) is 10.6. The van der Waals surface area contributed by atoms with E-state index in [1.54, 1.807) is 16.8 Å². The summed E-state index contributed by atoms with van der Waals surface area (Å²) in [5.41, 5.74) is 3.90. The summed E-state index contributed by atoms with van der Waals surface area (Å²) in [5, 5.41) is 7.63. The smallest absolute Gasteiger partial charge is 0.275 e. The summed E-state index contributed by atoms with van der Waals surface area (Å²) >= 11 is 6.27. The summed E-state index contributed by atoms with van der Waals surface area (Å²) in [6, 6.07) is 13.3. The fourth-order valence-corrected chi connectivity index (χ4v) is 3.97. The van der Waals surface area contributed by atoms with Gasteiger partial charge in [0.05, 0.1) is 10.7 Å². The summed E-state index contributed by atoms with van der Waals surface area (Å²) < 4.78 is 1.71. The molecule has 2 aromatic heterocycles. The summed E-state index contributed by atoms with van der Waals surface area (Å²) in [6.45, 7) is 8.32. The average molecular weight is 424 g/mol. The second kappa shape index (κ2) is 8.48. The molecule has 1 amide bonds. The molecule has 1 aliphatic heterocycles. The van der Waals surface area contributed by atoms with Crippen molar-refractivity contribution in [2.75, 3.05) is 23.3 Å². The van der Waals surface area contributed by atoms with E-state index in [2.05, 4.69) is 27.2 Å². The number of nitrogens with zero attached hydrogens (tertiary/aromatic N) is 4. The van der Waals surface area contributed by atoms with Crippen LogP contribution in [0.15, 0.2) is 42.5 Å². The Bertz CT molecular complexity index is 1050. The SMILES string of the molecule is Cc1cc(C)n(-c2ccc(Cl)c(C(=O)Nc3ccc(N4CCC(C)CC4)cc3)n2)n1. The number of aromatic nitrogens is 3. The second-order valence-electron chi connectivity index (χ2n) is 8.01. The minimum Gasteiger partial charge on any atom is -0.372 e. The highest BCUT2D eigenvalue weighted by molar-refractivity contribution is 6.34. The van der Waals surface area contributed by atoms with E-state index in [1.807, 2.05) is 44.2 Å². The van der Waals surface area contributed by atoms with E-state index in [9.17, 15) is 4.79 Å². The lowest BCUT2D eigenvalue weighted by Gasteiger charge is -2.32. The molecule has 0 bridgehead atoms. The number of hydrogen-bond acceptors (Lipinski definition) is 4. The summed E-state index contributed by atoms with van der Waals surface area (Å²) in [6.07, 6.45) is 2.43. The molecule has 7 heteroatoms. The maximum absolute atomic E-state index is 12.8. The number of amides is 1. The molecule has 0 saturated carbocycles. The van der Waals surface area contributed by atoms with Crippen LogP contribution in [0.2, 0.25) is 5.02 Å². The van der Waals surface area contributed by atoms with Crippen molar-refractivity contribution in [1.82, 2.24) is 14.8 Å². The van der Waals surface area contributed by atoms with Crippen LogP contribution in [0.5, 0.6) is 0 Å². The molecule has 0 aliphatic carbocycles. The molecule has 0 radical (unpaired) electrons. The Morgan fingerprint density at radius 1 is 1.10 bits per heavy atom. The van der Waals surface area contributed by atoms with Gasteiger partial charge in [-0.1, -0.05) is 18.5 Å². The van der Waals surface area contributed by atoms with Crippen molar-refractivity contribution in [3.63, 3.8) is 0 Å². The van der Waals surface area contributed by atoms with Crippen molar-refractivity contribution in [2.45, 2.75) is 33.6 Å². The van der Waals surface area contributed by atoms with Crippen molar-refractivity contribution in [3.8, 4) is 5.82 Å². The zero-order chi connectivity index (χ0) is 21.3. The quantitative estimate of drug-likeness (QED) is 0.639. The van der Waals surface area contributed by atoms with Crippen LogP contribution in [-0.2, 0) is 0 Å². The molecule has 3 aromatic rings. The van der Waals surface area contributed by atoms with Crippen LogP contribution in [-0.4, -0.2) is 33.8 Å². The highest BCUT2D eigenvalue weighted by atomic mass is 35.5. The van der Waals surface area contributed by atoms with E-state index in [0.29, 0.717) is 16.5 Å². The van der Waals surface area contributed by atoms with Gasteiger partial charge in [0.25, 0.3) is 5.91 Å². The van der Waals surface area contributed by atoms with Gasteiger partial charge < -0.3 is 10.2 Å². The Hall–Kier alpha value is -2.86. The number of aryl methyl sites for hydroxylation is 2. The highest BCUT2D eigenvalue weighted by Gasteiger charge is 2.18. The molecule has 1 aromatic carbocycles. The lowest BCUT2D eigenvalue weighted by molar-refractivity contribution is 0.102. The van der Waals surface area contributed by atoms with Crippen molar-refractivity contribution < 1.29 is 4.79 Å². The molecule has 1 fully saturated rings. The Kier molecular flexibility index (Phi) is 5.77. The van der Waals surface area contributed by atoms with Gasteiger partial charge in [0.1, 0.15) is 5.69 Å². The van der Waals surface area contributed by atoms with Gasteiger partial charge in [0.15, 0.2) is 5.82 Å². The largest absolute Gasteiger partial charge is 0.372 e. The topological polar surface area (TPSA) is 63.1 Å². The minimum atomic E-state index is -0.345. The zero-order valence-corrected chi connectivity index (χ0v) is 18.3. The van der Waals surface area contributed by atoms with Crippen LogP contribution in [0.25, 0.3) is 5.82 Å². The Labute approximate surface area is 181 Å². The van der Waals surface area contributed by atoms with Gasteiger partial charge in [-0.25, -0.2) is 9.67 Å². The number of benzene rings is 1. The van der Waals surface area contributed by atoms with Gasteiger partial charge in [-0.3, -0.25) is 4.79 Å². The number of carbonyl (C=O) groups is 1. The fourth-order valence-electron chi connectivity index (χ4n) is 3.78. The molecule has 1 saturated heterocycles. The molecule has 156 valence electrons. The molecular weight excluding hydrogens is 398 g/mol. The van der Waals surface area contributed by atoms with Crippen molar-refractivity contribution in [1.29, 1.82) is 0 Å². The number of pyridine rings is 1. The van der Waals surface area contributed by atoms with Gasteiger partial charge in [-0.15, -0.1) is 0 Å². The lowest BCUT2D eigenvalue weighted by Crippen LogP contribution is -2.32. The Morgan fingerprint density at radius 3 is 2.43 bits per heavy atom. The standard InChI is InChI=1S/C23H26ClN5O/c1-15-10-12-28(13-11-15)19-6-4-18(5-7-19)25-23(30)22-20(24)8-9-21(26-22)29-17(3)14-16(2)27-29/h4-9,14-15H,10-13H2,1-3H3,(H,25,30). The van der Waals surface area contributed by atoms with E-state index in [0.717, 1.165) is 30.4 Å². The summed E-state index contributed by atoms with van der Waals surface area (Å²) in [5.74, 6) is 1.01. The van der Waals surface area contributed by atoms with Crippen molar-refractivity contribution in [3.05, 3.63) is 64.6 Å². The zero-order valence-electron chi connectivity index (χ0n) is 17.5. The molecular formula is C23H26ClN5O. The Balaban J connectivity index is 1.50. The van der Waals surface area contributed by atoms with E-state index in [1.165, 1.54) is 18.5 Å². The van der Waals surface area contributed by atoms with Crippen molar-refractivity contribution >= 4 is 28.9 Å². The third-order valence-electron chi connectivity index (χ3n) is 5.55. The molecule has 30 heavy (non-hydrogen) atoms. The van der Waals surface area contributed by atoms with Gasteiger partial charge >= 0.3 is 0 Å². The second-order valence-corrected chi connectivity index (χ2v) is 8.42. The predicted molar refractivity (Wildman–Crippen MR) is 121 cm³/mol. The maximum atomic E-state index is 12.8. The molecule has 0 atom stereocenters. The number of hydrogen-bond donors (Lipinski definition) is 1. The Morgan fingerprint density at radius 2 is 1.80 bits per heavy atom. The van der Waals surface area contributed by atoms with E-state index in [4.69, 9.17) is 11.6 Å². The van der Waals surface area contributed by atoms with Crippen LogP contribution >= 0.6 is 11.6 Å². The normalized spacial score (nSPS) is 14.7. The van der Waals surface area contributed by atoms with Crippen LogP contribution in [0, 0.1) is 19.8 Å². The number of carbonyl (C=O) groups excluding carboxylic acids is 1. The van der Waals surface area contributed by atoms with Gasteiger partial charge in [-0.05, 0) is 75.1 Å². The third-order valence-corrected chi connectivity index (χ3v) is 5.85. The molecule has 3 heterocycles. The van der Waals surface area contributed by atoms with Crippen LogP contribution in [0.3, 0.4) is 0 Å². The molecule has 6 nitrogen and oxygen atoms in total. The highest BCUT2D eigenvalue weighted by Crippen LogP contribution is 2.25. The van der Waals surface area contributed by atoms with Gasteiger partial charge in [0.2, 0.25) is 0 Å². The number of anilines is 2. The number of halogens is 1. The number of rotatable bonds is 4. The molecule has 0 unspecified atom stereocenters. The first kappa shape index (κ1) is 20.4. The summed E-state index contributed by atoms with van der Waals surface area (Å²) in [4.78, 5) is 19.7. The number of piperidine rings is 1. The molecule has 4 rings (SSSR count). The number of nitrogens with one attached hydrogen (secondary N) is 1. The van der Waals surface area contributed by atoms with Crippen molar-refractivity contribution in [2.24, 2.45) is 5.92 Å². The first-order chi connectivity index (χ1) is 14.4. The van der Waals surface area contributed by atoms with Gasteiger partial charge in [-0.2, -0.15) is 5.10 Å². The first-order valence-electron chi connectivity index (χ1n) is 10.3. The van der Waals surface area contributed by atoms with Gasteiger partial charge in [0, 0.05) is 30.2 Å². The molecule has 1 N–H and O–H groups in total. The van der Waals surface area contributed by atoms with Crippen LogP contribution < -0.4 is 10.2 Å². The lowest BCUT2D eigenvalue weighted by atomic mass is 9.99. The fraction of sp³-hybridized carbons (Fsp3) is 0.348. The molecule has 1 aliphatic rings.